The molecule has 9 aromatic carbocycles. The molecule has 0 amide bonds. The maximum Gasteiger partial charge on any atom is 0.252 e. The average Bonchev–Trinajstić information content (AvgIpc) is 1.65. The van der Waals surface area contributed by atoms with Gasteiger partial charge in [-0.25, -0.2) is 0 Å². The molecule has 0 bridgehead atoms. The fraction of sp³-hybridized carbons (Fsp3) is 0.316. The highest BCUT2D eigenvalue weighted by atomic mass is 32.1. The number of hydrogen-bond donors (Lipinski definition) is 0. The molecule has 0 radical (unpaired) electrons. The molecule has 1 aliphatic carbocycles. The Morgan fingerprint density at radius 3 is 1.55 bits per heavy atom. The molecule has 2 atom stereocenters. The molecule has 1 fully saturated rings. The van der Waals surface area contributed by atoms with Gasteiger partial charge in [-0.15, -0.1) is 11.3 Å². The first kappa shape index (κ1) is 54.6. The van der Waals surface area contributed by atoms with Gasteiger partial charge in [0.2, 0.25) is 0 Å². The zero-order valence-corrected chi connectivity index (χ0v) is 52.9. The molecule has 3 nitrogen and oxygen atoms in total. The molecule has 1 saturated carbocycles. The number of para-hydroxylation sites is 1. The quantitative estimate of drug-likeness (QED) is 0.116. The van der Waals surface area contributed by atoms with E-state index >= 15 is 0 Å². The molecular weight excluding hydrogens is 1030 g/mol. The number of anilines is 8. The molecule has 4 heterocycles. The van der Waals surface area contributed by atoms with Gasteiger partial charge in [-0.05, 0) is 163 Å². The third-order valence-corrected chi connectivity index (χ3v) is 21.6. The summed E-state index contributed by atoms with van der Waals surface area (Å²) in [6, 6.07) is 74.4. The fourth-order valence-corrected chi connectivity index (χ4v) is 16.6. The number of rotatable bonds is 7. The summed E-state index contributed by atoms with van der Waals surface area (Å²) in [5, 5.41) is 2.61. The predicted molar refractivity (Wildman–Crippen MR) is 365 cm³/mol. The lowest BCUT2D eigenvalue weighted by Gasteiger charge is -2.53. The summed E-state index contributed by atoms with van der Waals surface area (Å²) in [5.41, 5.74) is 24.8. The molecule has 4 aliphatic rings. The van der Waals surface area contributed by atoms with E-state index in [1.54, 1.807) is 0 Å². The summed E-state index contributed by atoms with van der Waals surface area (Å²) in [5.74, 6) is -0.0462. The second kappa shape index (κ2) is 19.1. The maximum atomic E-state index is 2.92. The molecule has 84 heavy (non-hydrogen) atoms. The van der Waals surface area contributed by atoms with Gasteiger partial charge in [0.05, 0.1) is 15.9 Å². The molecule has 1 aromatic heterocycles. The van der Waals surface area contributed by atoms with E-state index in [0.717, 1.165) is 23.5 Å². The lowest BCUT2D eigenvalue weighted by molar-refractivity contribution is 0.195. The standard InChI is InChI=1S/C79H82BN3S/c1-74(2,3)53-31-27-50(28-32-53)70(51-29-33-54(34-30-51)75(4,5)6)52-47-67-71-68(48-52)83-72-62(78(13)45-17-18-46-79(78,83)14)23-20-24-64(72)80(71)63-44-43-59(49-66(63)82(67)65-25-19-22-61-60-21-15-16-26-69(60)84-73(61)65)81(57-39-35-55(36-40-57)76(7,8)9)58-41-37-56(38-42-58)77(10,11)12/h15-16,19-44,47-49,70H,17-18,45-46H2,1-14H3. The van der Waals surface area contributed by atoms with Crippen LogP contribution in [0.1, 0.15) is 173 Å². The van der Waals surface area contributed by atoms with Gasteiger partial charge in [0.1, 0.15) is 0 Å². The number of fused-ring (bicyclic) bond motifs is 10. The highest BCUT2D eigenvalue weighted by Gasteiger charge is 2.61. The smallest absolute Gasteiger partial charge is 0.252 e. The molecule has 0 N–H and O–H groups in total. The first-order valence-corrected chi connectivity index (χ1v) is 31.9. The number of hydrogen-bond acceptors (Lipinski definition) is 4. The Hall–Kier alpha value is -7.34. The van der Waals surface area contributed by atoms with Crippen LogP contribution in [-0.2, 0) is 27.1 Å². The Labute approximate surface area is 505 Å². The third kappa shape index (κ3) is 8.47. The van der Waals surface area contributed by atoms with Gasteiger partial charge in [0.25, 0.3) is 6.71 Å². The summed E-state index contributed by atoms with van der Waals surface area (Å²) in [7, 11) is 0. The minimum atomic E-state index is -0.134. The minimum absolute atomic E-state index is 0.00862. The first-order chi connectivity index (χ1) is 39.9. The van der Waals surface area contributed by atoms with Crippen LogP contribution >= 0.6 is 11.3 Å². The largest absolute Gasteiger partial charge is 0.335 e. The van der Waals surface area contributed by atoms with Gasteiger partial charge in [-0.3, -0.25) is 0 Å². The van der Waals surface area contributed by atoms with Crippen molar-refractivity contribution in [1.29, 1.82) is 0 Å². The van der Waals surface area contributed by atoms with Gasteiger partial charge >= 0.3 is 0 Å². The average molecular weight is 1120 g/mol. The summed E-state index contributed by atoms with van der Waals surface area (Å²) < 4.78 is 2.61. The Morgan fingerprint density at radius 2 is 0.964 bits per heavy atom. The molecule has 5 heteroatoms. The van der Waals surface area contributed by atoms with Crippen LogP contribution in [0.4, 0.5) is 45.5 Å². The minimum Gasteiger partial charge on any atom is -0.335 e. The number of benzene rings is 9. The monoisotopic (exact) mass is 1120 g/mol. The van der Waals surface area contributed by atoms with Gasteiger partial charge in [-0.1, -0.05) is 230 Å². The summed E-state index contributed by atoms with van der Waals surface area (Å²) in [4.78, 5) is 8.15. The highest BCUT2D eigenvalue weighted by molar-refractivity contribution is 7.26. The Morgan fingerprint density at radius 1 is 0.452 bits per heavy atom. The van der Waals surface area contributed by atoms with Crippen LogP contribution in [0.15, 0.2) is 188 Å². The van der Waals surface area contributed by atoms with Gasteiger partial charge in [-0.2, -0.15) is 0 Å². The zero-order valence-electron chi connectivity index (χ0n) is 52.1. The lowest BCUT2D eigenvalue weighted by atomic mass is 9.33. The van der Waals surface area contributed by atoms with Crippen LogP contribution in [0, 0.1) is 0 Å². The van der Waals surface area contributed by atoms with E-state index in [0.29, 0.717) is 0 Å². The van der Waals surface area contributed by atoms with Crippen LogP contribution in [-0.4, -0.2) is 12.3 Å². The van der Waals surface area contributed by atoms with Gasteiger partial charge in [0, 0.05) is 66.6 Å². The third-order valence-electron chi connectivity index (χ3n) is 20.4. The van der Waals surface area contributed by atoms with E-state index in [2.05, 4.69) is 300 Å². The van der Waals surface area contributed by atoms with E-state index in [-0.39, 0.29) is 45.2 Å². The van der Waals surface area contributed by atoms with Crippen LogP contribution < -0.4 is 31.1 Å². The van der Waals surface area contributed by atoms with E-state index in [9.17, 15) is 0 Å². The van der Waals surface area contributed by atoms with E-state index in [4.69, 9.17) is 0 Å². The molecule has 14 rings (SSSR count). The molecular formula is C79H82BN3S. The Bertz CT molecular complexity index is 4100. The summed E-state index contributed by atoms with van der Waals surface area (Å²) >= 11 is 1.93. The topological polar surface area (TPSA) is 9.72 Å². The van der Waals surface area contributed by atoms with Crippen molar-refractivity contribution in [2.75, 3.05) is 14.7 Å². The van der Waals surface area contributed by atoms with Crippen molar-refractivity contribution in [2.24, 2.45) is 0 Å². The summed E-state index contributed by atoms with van der Waals surface area (Å²) in [6.45, 7) is 33.1. The number of thiophene rings is 1. The zero-order chi connectivity index (χ0) is 58.6. The van der Waals surface area contributed by atoms with E-state index in [1.807, 2.05) is 11.3 Å². The van der Waals surface area contributed by atoms with E-state index in [1.165, 1.54) is 129 Å². The maximum absolute atomic E-state index is 2.92. The molecule has 10 aromatic rings. The van der Waals surface area contributed by atoms with Crippen molar-refractivity contribution in [3.63, 3.8) is 0 Å². The van der Waals surface area contributed by atoms with Crippen molar-refractivity contribution in [3.8, 4) is 0 Å². The molecule has 0 spiro atoms. The van der Waals surface area contributed by atoms with Crippen LogP contribution in [0.5, 0.6) is 0 Å². The van der Waals surface area contributed by atoms with Crippen LogP contribution in [0.25, 0.3) is 20.2 Å². The van der Waals surface area contributed by atoms with Crippen molar-refractivity contribution in [3.05, 3.63) is 233 Å². The fourth-order valence-electron chi connectivity index (χ4n) is 15.4. The Balaban J connectivity index is 1.09. The second-order valence-electron chi connectivity index (χ2n) is 29.7. The van der Waals surface area contributed by atoms with Crippen LogP contribution in [0.3, 0.4) is 0 Å². The Kier molecular flexibility index (Phi) is 12.4. The van der Waals surface area contributed by atoms with Crippen molar-refractivity contribution >= 4 is 100 Å². The van der Waals surface area contributed by atoms with Gasteiger partial charge < -0.3 is 14.7 Å². The van der Waals surface area contributed by atoms with Crippen molar-refractivity contribution in [1.82, 2.24) is 0 Å². The van der Waals surface area contributed by atoms with Crippen molar-refractivity contribution in [2.45, 2.75) is 161 Å². The van der Waals surface area contributed by atoms with E-state index < -0.39 is 0 Å². The SMILES string of the molecule is CC(C)(C)c1ccc(C(c2ccc(C(C)(C)C)cc2)c2cc3c4c(c2)N2c5c(cccc5C5(C)CCCCC25C)B4c2ccc(N(c4ccc(C(C)(C)C)cc4)c4ccc(C(C)(C)C)cc4)cc2N3c2cccc3c2sc2ccccc23)cc1. The van der Waals surface area contributed by atoms with Gasteiger partial charge in [0.15, 0.2) is 0 Å². The van der Waals surface area contributed by atoms with Crippen LogP contribution in [0.2, 0.25) is 0 Å². The lowest BCUT2D eigenvalue weighted by Crippen LogP contribution is -2.64. The second-order valence-corrected chi connectivity index (χ2v) is 30.8. The predicted octanol–water partition coefficient (Wildman–Crippen LogP) is 20.2. The molecule has 3 aliphatic heterocycles. The summed E-state index contributed by atoms with van der Waals surface area (Å²) in [6.07, 6.45) is 4.78. The van der Waals surface area contributed by atoms with Crippen molar-refractivity contribution < 1.29 is 0 Å². The normalized spacial score (nSPS) is 18.3. The highest BCUT2D eigenvalue weighted by Crippen LogP contribution is 2.62. The molecule has 422 valence electrons. The number of nitrogens with zero attached hydrogens (tertiary/aromatic N) is 3. The molecule has 0 saturated heterocycles. The molecule has 2 unspecified atom stereocenters. The first-order valence-electron chi connectivity index (χ1n) is 31.1.